The lowest BCUT2D eigenvalue weighted by molar-refractivity contribution is 0.598. The molecule has 2 aromatic heterocycles. The quantitative estimate of drug-likeness (QED) is 0.767. The maximum absolute atomic E-state index is 12.2. The van der Waals surface area contributed by atoms with Gasteiger partial charge in [0.1, 0.15) is 5.82 Å². The van der Waals surface area contributed by atoms with Gasteiger partial charge in [0.25, 0.3) is 10.0 Å². The van der Waals surface area contributed by atoms with E-state index in [9.17, 15) is 8.42 Å². The number of aromatic nitrogens is 4. The lowest BCUT2D eigenvalue weighted by Gasteiger charge is -2.08. The first-order valence-electron chi connectivity index (χ1n) is 6.19. The minimum Gasteiger partial charge on any atom is -0.332 e. The second-order valence-electron chi connectivity index (χ2n) is 4.44. The molecular formula is C13H13N5O2S. The molecule has 0 aliphatic rings. The Morgan fingerprint density at radius 3 is 2.81 bits per heavy atom. The Kier molecular flexibility index (Phi) is 3.22. The molecule has 108 valence electrons. The van der Waals surface area contributed by atoms with Gasteiger partial charge >= 0.3 is 0 Å². The Bertz CT molecular complexity index is 852. The Hall–Kier alpha value is -2.61. The molecule has 0 atom stereocenters. The molecular weight excluding hydrogens is 290 g/mol. The third-order valence-electron chi connectivity index (χ3n) is 2.84. The van der Waals surface area contributed by atoms with Crippen molar-refractivity contribution >= 4 is 15.7 Å². The first kappa shape index (κ1) is 13.4. The molecule has 0 spiro atoms. The van der Waals surface area contributed by atoms with Crippen LogP contribution in [-0.4, -0.2) is 28.2 Å². The molecule has 0 fully saturated rings. The van der Waals surface area contributed by atoms with Gasteiger partial charge in [0, 0.05) is 12.4 Å². The summed E-state index contributed by atoms with van der Waals surface area (Å²) >= 11 is 0. The summed E-state index contributed by atoms with van der Waals surface area (Å²) in [5.41, 5.74) is 1.22. The van der Waals surface area contributed by atoms with Crippen molar-refractivity contribution in [1.82, 2.24) is 19.7 Å². The minimum absolute atomic E-state index is 0.0319. The number of rotatable bonds is 4. The van der Waals surface area contributed by atoms with Crippen LogP contribution in [0.2, 0.25) is 0 Å². The Labute approximate surface area is 121 Å². The molecule has 0 radical (unpaired) electrons. The van der Waals surface area contributed by atoms with E-state index in [-0.39, 0.29) is 5.03 Å². The summed E-state index contributed by atoms with van der Waals surface area (Å²) in [6, 6.07) is 8.77. The highest BCUT2D eigenvalue weighted by molar-refractivity contribution is 7.92. The summed E-state index contributed by atoms with van der Waals surface area (Å²) in [6.45, 7) is 1.69. The summed E-state index contributed by atoms with van der Waals surface area (Å²) in [5.74, 6) is 0.542. The van der Waals surface area contributed by atoms with Crippen LogP contribution in [0.5, 0.6) is 0 Å². The summed E-state index contributed by atoms with van der Waals surface area (Å²) in [7, 11) is -3.68. The van der Waals surface area contributed by atoms with Crippen molar-refractivity contribution in [2.24, 2.45) is 0 Å². The van der Waals surface area contributed by atoms with Gasteiger partial charge in [0.05, 0.1) is 17.6 Å². The van der Waals surface area contributed by atoms with Gasteiger partial charge < -0.3 is 4.98 Å². The van der Waals surface area contributed by atoms with Crippen molar-refractivity contribution in [3.63, 3.8) is 0 Å². The van der Waals surface area contributed by atoms with Crippen LogP contribution in [0.3, 0.4) is 0 Å². The number of anilines is 1. The smallest absolute Gasteiger partial charge is 0.278 e. The topological polar surface area (TPSA) is 92.7 Å². The van der Waals surface area contributed by atoms with Gasteiger partial charge in [-0.3, -0.25) is 4.72 Å². The first-order chi connectivity index (χ1) is 10.0. The average molecular weight is 303 g/mol. The predicted molar refractivity (Wildman–Crippen MR) is 77.7 cm³/mol. The third kappa shape index (κ3) is 2.79. The van der Waals surface area contributed by atoms with E-state index in [2.05, 4.69) is 19.8 Å². The zero-order valence-corrected chi connectivity index (χ0v) is 12.0. The van der Waals surface area contributed by atoms with Crippen LogP contribution < -0.4 is 4.72 Å². The van der Waals surface area contributed by atoms with Gasteiger partial charge in [0.15, 0.2) is 5.03 Å². The fourth-order valence-electron chi connectivity index (χ4n) is 1.88. The van der Waals surface area contributed by atoms with Crippen LogP contribution in [0.15, 0.2) is 53.9 Å². The molecule has 2 heterocycles. The fourth-order valence-corrected chi connectivity index (χ4v) is 2.90. The maximum atomic E-state index is 12.2. The van der Waals surface area contributed by atoms with Crippen molar-refractivity contribution in [3.8, 4) is 5.69 Å². The van der Waals surface area contributed by atoms with E-state index < -0.39 is 10.0 Å². The van der Waals surface area contributed by atoms with E-state index in [4.69, 9.17) is 0 Å². The molecule has 1 aromatic carbocycles. The number of imidazole rings is 1. The molecule has 0 aliphatic heterocycles. The molecule has 0 amide bonds. The zero-order valence-electron chi connectivity index (χ0n) is 11.2. The van der Waals surface area contributed by atoms with Crippen LogP contribution in [-0.2, 0) is 10.0 Å². The molecule has 2 N–H and O–H groups in total. The number of nitrogens with one attached hydrogen (secondary N) is 2. The van der Waals surface area contributed by atoms with E-state index in [0.29, 0.717) is 11.5 Å². The molecule has 0 saturated carbocycles. The highest BCUT2D eigenvalue weighted by atomic mass is 32.2. The number of nitrogens with zero attached hydrogens (tertiary/aromatic N) is 3. The van der Waals surface area contributed by atoms with E-state index in [1.54, 1.807) is 48.3 Å². The molecule has 0 aliphatic carbocycles. The van der Waals surface area contributed by atoms with Crippen LogP contribution >= 0.6 is 0 Å². The van der Waals surface area contributed by atoms with Gasteiger partial charge in [-0.25, -0.2) is 9.67 Å². The Morgan fingerprint density at radius 1 is 1.29 bits per heavy atom. The largest absolute Gasteiger partial charge is 0.332 e. The predicted octanol–water partition coefficient (Wildman–Crippen LogP) is 1.70. The van der Waals surface area contributed by atoms with E-state index in [1.807, 2.05) is 6.07 Å². The third-order valence-corrected chi connectivity index (χ3v) is 4.13. The highest BCUT2D eigenvalue weighted by Crippen LogP contribution is 2.17. The Morgan fingerprint density at radius 2 is 2.14 bits per heavy atom. The van der Waals surface area contributed by atoms with E-state index in [1.165, 1.54) is 6.20 Å². The summed E-state index contributed by atoms with van der Waals surface area (Å²) in [4.78, 5) is 6.59. The number of hydrogen-bond acceptors (Lipinski definition) is 4. The molecule has 0 unspecified atom stereocenters. The number of H-pyrrole nitrogens is 1. The molecule has 3 rings (SSSR count). The van der Waals surface area contributed by atoms with E-state index in [0.717, 1.165) is 5.69 Å². The summed E-state index contributed by atoms with van der Waals surface area (Å²) in [6.07, 6.45) is 4.73. The second kappa shape index (κ2) is 5.06. The van der Waals surface area contributed by atoms with E-state index >= 15 is 0 Å². The lowest BCUT2D eigenvalue weighted by atomic mass is 10.3. The maximum Gasteiger partial charge on any atom is 0.278 e. The fraction of sp³-hybridized carbons (Fsp3) is 0.0769. The van der Waals surface area contributed by atoms with Crippen LogP contribution in [0.4, 0.5) is 5.69 Å². The van der Waals surface area contributed by atoms with Crippen LogP contribution in [0.25, 0.3) is 5.69 Å². The average Bonchev–Trinajstić information content (AvgIpc) is 3.09. The molecule has 3 aromatic rings. The zero-order chi connectivity index (χ0) is 14.9. The molecule has 8 heteroatoms. The van der Waals surface area contributed by atoms with Crippen molar-refractivity contribution in [2.45, 2.75) is 11.9 Å². The van der Waals surface area contributed by atoms with Gasteiger partial charge in [-0.05, 0) is 31.2 Å². The van der Waals surface area contributed by atoms with Crippen molar-refractivity contribution in [2.75, 3.05) is 4.72 Å². The minimum atomic E-state index is -3.68. The van der Waals surface area contributed by atoms with Crippen molar-refractivity contribution in [1.29, 1.82) is 0 Å². The summed E-state index contributed by atoms with van der Waals surface area (Å²) in [5, 5.41) is 4.14. The molecule has 0 saturated heterocycles. The number of hydrogen-bond donors (Lipinski definition) is 2. The first-order valence-corrected chi connectivity index (χ1v) is 7.67. The number of benzene rings is 1. The standard InChI is InChI=1S/C13H13N5O2S/c1-10-14-9-13(16-10)21(19,20)17-11-4-2-5-12(8-11)18-7-3-6-15-18/h2-9,17H,1H3,(H,14,16). The molecule has 0 bridgehead atoms. The highest BCUT2D eigenvalue weighted by Gasteiger charge is 2.16. The van der Waals surface area contributed by atoms with Crippen molar-refractivity contribution < 1.29 is 8.42 Å². The monoisotopic (exact) mass is 303 g/mol. The van der Waals surface area contributed by atoms with Gasteiger partial charge in [-0.2, -0.15) is 13.5 Å². The van der Waals surface area contributed by atoms with Crippen molar-refractivity contribution in [3.05, 3.63) is 54.7 Å². The summed E-state index contributed by atoms with van der Waals surface area (Å²) < 4.78 is 28.6. The Balaban J connectivity index is 1.90. The molecule has 21 heavy (non-hydrogen) atoms. The number of aryl methyl sites for hydroxylation is 1. The molecule has 7 nitrogen and oxygen atoms in total. The normalized spacial score (nSPS) is 11.5. The van der Waals surface area contributed by atoms with Gasteiger partial charge in [-0.15, -0.1) is 0 Å². The van der Waals surface area contributed by atoms with Crippen LogP contribution in [0.1, 0.15) is 5.82 Å². The van der Waals surface area contributed by atoms with Gasteiger partial charge in [0.2, 0.25) is 0 Å². The SMILES string of the molecule is Cc1ncc(S(=O)(=O)Nc2cccc(-n3cccn3)c2)[nH]1. The number of sulfonamides is 1. The van der Waals surface area contributed by atoms with Crippen LogP contribution in [0, 0.1) is 6.92 Å². The van der Waals surface area contributed by atoms with Gasteiger partial charge in [-0.1, -0.05) is 6.07 Å². The number of aromatic amines is 1. The lowest BCUT2D eigenvalue weighted by Crippen LogP contribution is -2.13. The second-order valence-corrected chi connectivity index (χ2v) is 6.09.